The highest BCUT2D eigenvalue weighted by molar-refractivity contribution is 6.05. The first-order valence-corrected chi connectivity index (χ1v) is 10.1. The number of nitrogens with zero attached hydrogens (tertiary/aromatic N) is 1. The quantitative estimate of drug-likeness (QED) is 0.661. The van der Waals surface area contributed by atoms with Gasteiger partial charge in [-0.15, -0.1) is 0 Å². The predicted octanol–water partition coefficient (Wildman–Crippen LogP) is 1.07. The van der Waals surface area contributed by atoms with E-state index in [0.29, 0.717) is 31.1 Å². The Kier molecular flexibility index (Phi) is 4.97. The number of benzene rings is 1. The summed E-state index contributed by atoms with van der Waals surface area (Å²) in [6, 6.07) is 5.65. The maximum absolute atomic E-state index is 12.9. The zero-order valence-corrected chi connectivity index (χ0v) is 16.5. The fraction of sp³-hybridized carbons (Fsp3) is 0.571. The molecule has 0 spiro atoms. The van der Waals surface area contributed by atoms with Crippen LogP contribution in [0.4, 0.5) is 0 Å². The van der Waals surface area contributed by atoms with Gasteiger partial charge in [0.25, 0.3) is 5.91 Å². The minimum absolute atomic E-state index is 0.0505. The van der Waals surface area contributed by atoms with Gasteiger partial charge in [-0.1, -0.05) is 12.1 Å². The zero-order chi connectivity index (χ0) is 19.9. The smallest absolute Gasteiger partial charge is 0.255 e. The van der Waals surface area contributed by atoms with Crippen molar-refractivity contribution in [2.45, 2.75) is 70.2 Å². The third-order valence-corrected chi connectivity index (χ3v) is 6.35. The number of piperidine rings is 1. The van der Waals surface area contributed by atoms with Gasteiger partial charge < -0.3 is 15.5 Å². The van der Waals surface area contributed by atoms with Gasteiger partial charge in [0.1, 0.15) is 6.04 Å². The number of hydrogen-bond acceptors (Lipinski definition) is 5. The molecule has 7 nitrogen and oxygen atoms in total. The zero-order valence-electron chi connectivity index (χ0n) is 16.5. The fourth-order valence-electron chi connectivity index (χ4n) is 4.56. The third-order valence-electron chi connectivity index (χ3n) is 6.35. The summed E-state index contributed by atoms with van der Waals surface area (Å²) in [7, 11) is 0. The number of carbonyl (C=O) groups excluding carboxylic acids is 3. The molecule has 28 heavy (non-hydrogen) atoms. The van der Waals surface area contributed by atoms with Crippen LogP contribution in [0.1, 0.15) is 61.0 Å². The molecule has 2 fully saturated rings. The number of amides is 3. The first kappa shape index (κ1) is 19.1. The molecular weight excluding hydrogens is 356 g/mol. The molecule has 0 saturated carbocycles. The second kappa shape index (κ2) is 7.29. The van der Waals surface area contributed by atoms with E-state index < -0.39 is 6.04 Å². The van der Waals surface area contributed by atoms with E-state index in [1.54, 1.807) is 4.90 Å². The standard InChI is InChI=1S/C21H28N4O3/c1-21(2,17-7-4-10-22-17)23-11-13-5-3-6-14-15(13)12-25(20(14)28)16-8-9-18(26)24-19(16)27/h3,5-6,16-17,22-23H,4,7-12H2,1-2H3,(H,24,26,27). The highest BCUT2D eigenvalue weighted by atomic mass is 16.2. The van der Waals surface area contributed by atoms with Crippen molar-refractivity contribution in [2.75, 3.05) is 6.54 Å². The summed E-state index contributed by atoms with van der Waals surface area (Å²) >= 11 is 0. The van der Waals surface area contributed by atoms with Crippen LogP contribution in [0.25, 0.3) is 0 Å². The molecule has 1 aromatic carbocycles. The predicted molar refractivity (Wildman–Crippen MR) is 104 cm³/mol. The Labute approximate surface area is 165 Å². The van der Waals surface area contributed by atoms with Crippen LogP contribution in [0.5, 0.6) is 0 Å². The van der Waals surface area contributed by atoms with Gasteiger partial charge in [-0.3, -0.25) is 19.7 Å². The van der Waals surface area contributed by atoms with Gasteiger partial charge in [0.05, 0.1) is 0 Å². The van der Waals surface area contributed by atoms with Crippen LogP contribution in [0, 0.1) is 0 Å². The number of fused-ring (bicyclic) bond motifs is 1. The van der Waals surface area contributed by atoms with Crippen molar-refractivity contribution in [3.8, 4) is 0 Å². The number of hydrogen-bond donors (Lipinski definition) is 3. The van der Waals surface area contributed by atoms with Gasteiger partial charge in [0, 0.05) is 36.7 Å². The van der Waals surface area contributed by atoms with E-state index in [1.807, 2.05) is 18.2 Å². The monoisotopic (exact) mass is 384 g/mol. The molecule has 4 rings (SSSR count). The molecule has 0 radical (unpaired) electrons. The van der Waals surface area contributed by atoms with E-state index in [4.69, 9.17) is 0 Å². The van der Waals surface area contributed by atoms with Gasteiger partial charge in [-0.05, 0) is 56.8 Å². The van der Waals surface area contributed by atoms with E-state index in [0.717, 1.165) is 24.1 Å². The van der Waals surface area contributed by atoms with Crippen molar-refractivity contribution in [3.63, 3.8) is 0 Å². The number of carbonyl (C=O) groups is 3. The molecule has 3 aliphatic rings. The first-order valence-electron chi connectivity index (χ1n) is 10.1. The highest BCUT2D eigenvalue weighted by Gasteiger charge is 2.40. The normalized spacial score (nSPS) is 25.2. The maximum atomic E-state index is 12.9. The van der Waals surface area contributed by atoms with Crippen LogP contribution in [-0.2, 0) is 22.7 Å². The Morgan fingerprint density at radius 2 is 2.04 bits per heavy atom. The van der Waals surface area contributed by atoms with E-state index in [1.165, 1.54) is 6.42 Å². The summed E-state index contributed by atoms with van der Waals surface area (Å²) < 4.78 is 0. The van der Waals surface area contributed by atoms with Crippen molar-refractivity contribution < 1.29 is 14.4 Å². The lowest BCUT2D eigenvalue weighted by Crippen LogP contribution is -2.53. The molecule has 2 unspecified atom stereocenters. The van der Waals surface area contributed by atoms with Crippen molar-refractivity contribution in [2.24, 2.45) is 0 Å². The van der Waals surface area contributed by atoms with Crippen LogP contribution in [-0.4, -0.2) is 46.8 Å². The van der Waals surface area contributed by atoms with E-state index in [2.05, 4.69) is 29.8 Å². The van der Waals surface area contributed by atoms with Gasteiger partial charge >= 0.3 is 0 Å². The third kappa shape index (κ3) is 3.44. The minimum Gasteiger partial charge on any atom is -0.322 e. The molecule has 2 saturated heterocycles. The maximum Gasteiger partial charge on any atom is 0.255 e. The Balaban J connectivity index is 1.50. The van der Waals surface area contributed by atoms with Crippen molar-refractivity contribution in [1.82, 2.24) is 20.9 Å². The summed E-state index contributed by atoms with van der Waals surface area (Å²) in [5.74, 6) is -0.758. The van der Waals surface area contributed by atoms with E-state index >= 15 is 0 Å². The van der Waals surface area contributed by atoms with Crippen molar-refractivity contribution in [3.05, 3.63) is 34.9 Å². The van der Waals surface area contributed by atoms with Gasteiger partial charge in [0.15, 0.2) is 0 Å². The highest BCUT2D eigenvalue weighted by Crippen LogP contribution is 2.30. The summed E-state index contributed by atoms with van der Waals surface area (Å²) in [6.45, 7) is 6.57. The molecule has 0 aromatic heterocycles. The van der Waals surface area contributed by atoms with Crippen molar-refractivity contribution in [1.29, 1.82) is 0 Å². The van der Waals surface area contributed by atoms with Gasteiger partial charge in [-0.25, -0.2) is 0 Å². The minimum atomic E-state index is -0.572. The molecule has 0 bridgehead atoms. The first-order chi connectivity index (χ1) is 13.4. The van der Waals surface area contributed by atoms with Crippen molar-refractivity contribution >= 4 is 17.7 Å². The van der Waals surface area contributed by atoms with Crippen LogP contribution in [0.3, 0.4) is 0 Å². The number of imide groups is 1. The molecule has 3 N–H and O–H groups in total. The Morgan fingerprint density at radius 3 is 2.75 bits per heavy atom. The average molecular weight is 384 g/mol. The topological polar surface area (TPSA) is 90.5 Å². The lowest BCUT2D eigenvalue weighted by atomic mass is 9.92. The van der Waals surface area contributed by atoms with E-state index in [-0.39, 0.29) is 29.7 Å². The summed E-state index contributed by atoms with van der Waals surface area (Å²) in [4.78, 5) is 38.2. The Bertz CT molecular complexity index is 814. The largest absolute Gasteiger partial charge is 0.322 e. The number of nitrogens with one attached hydrogen (secondary N) is 3. The number of rotatable bonds is 5. The molecule has 7 heteroatoms. The molecule has 3 heterocycles. The molecular formula is C21H28N4O3. The summed E-state index contributed by atoms with van der Waals surface area (Å²) in [6.07, 6.45) is 3.02. The molecule has 3 amide bonds. The van der Waals surface area contributed by atoms with Crippen LogP contribution in [0.2, 0.25) is 0 Å². The van der Waals surface area contributed by atoms with Crippen LogP contribution >= 0.6 is 0 Å². The lowest BCUT2D eigenvalue weighted by Gasteiger charge is -2.33. The van der Waals surface area contributed by atoms with E-state index in [9.17, 15) is 14.4 Å². The summed E-state index contributed by atoms with van der Waals surface area (Å²) in [5.41, 5.74) is 2.69. The molecule has 150 valence electrons. The van der Waals surface area contributed by atoms with Gasteiger partial charge in [-0.2, -0.15) is 0 Å². The second-order valence-electron chi connectivity index (χ2n) is 8.57. The van der Waals surface area contributed by atoms with Crippen LogP contribution < -0.4 is 16.0 Å². The molecule has 2 atom stereocenters. The fourth-order valence-corrected chi connectivity index (χ4v) is 4.56. The van der Waals surface area contributed by atoms with Crippen LogP contribution in [0.15, 0.2) is 18.2 Å². The molecule has 1 aromatic rings. The Morgan fingerprint density at radius 1 is 1.21 bits per heavy atom. The Hall–Kier alpha value is -2.25. The summed E-state index contributed by atoms with van der Waals surface area (Å²) in [5, 5.41) is 9.56. The van der Waals surface area contributed by atoms with Gasteiger partial charge in [0.2, 0.25) is 11.8 Å². The molecule has 3 aliphatic heterocycles. The SMILES string of the molecule is CC(C)(NCc1cccc2c1CN(C1CCC(=O)NC1=O)C2=O)C1CCCN1. The second-order valence-corrected chi connectivity index (χ2v) is 8.57. The average Bonchev–Trinajstić information content (AvgIpc) is 3.30. The molecule has 0 aliphatic carbocycles. The lowest BCUT2D eigenvalue weighted by molar-refractivity contribution is -0.136.